The predicted octanol–water partition coefficient (Wildman–Crippen LogP) is 6.04. The van der Waals surface area contributed by atoms with E-state index < -0.39 is 0 Å². The maximum Gasteiger partial charge on any atom is 0.177 e. The molecule has 3 rings (SSSR count). The van der Waals surface area contributed by atoms with Crippen LogP contribution in [-0.4, -0.2) is 5.78 Å². The summed E-state index contributed by atoms with van der Waals surface area (Å²) in [6.45, 7) is 4.47. The molecular weight excluding hydrogens is 312 g/mol. The van der Waals surface area contributed by atoms with Crippen molar-refractivity contribution < 1.29 is 4.79 Å². The Bertz CT molecular complexity index is 798. The highest BCUT2D eigenvalue weighted by atomic mass is 32.1. The molecular formula is C22H22OS. The van der Waals surface area contributed by atoms with Crippen molar-refractivity contribution in [3.8, 4) is 10.4 Å². The molecule has 0 aliphatic rings. The van der Waals surface area contributed by atoms with Crippen molar-refractivity contribution in [2.75, 3.05) is 0 Å². The van der Waals surface area contributed by atoms with E-state index in [4.69, 9.17) is 0 Å². The Kier molecular flexibility index (Phi) is 5.27. The Hall–Kier alpha value is -2.19. The number of rotatable bonds is 6. The van der Waals surface area contributed by atoms with E-state index in [0.717, 1.165) is 21.7 Å². The Morgan fingerprint density at radius 3 is 2.25 bits per heavy atom. The third-order valence-corrected chi connectivity index (χ3v) is 5.15. The molecule has 0 aliphatic carbocycles. The van der Waals surface area contributed by atoms with Gasteiger partial charge in [-0.05, 0) is 41.2 Å². The molecule has 1 nitrogen and oxygen atoms in total. The Balaban J connectivity index is 1.72. The molecule has 1 heterocycles. The van der Waals surface area contributed by atoms with Gasteiger partial charge >= 0.3 is 0 Å². The molecule has 0 fully saturated rings. The second-order valence-electron chi connectivity index (χ2n) is 6.54. The SMILES string of the molecule is CC(C)Cc1ccc(-c2ccc(C(=O)Cc3ccccc3)s2)cc1. The van der Waals surface area contributed by atoms with Crippen LogP contribution in [0.25, 0.3) is 10.4 Å². The van der Waals surface area contributed by atoms with Crippen LogP contribution in [0.1, 0.15) is 34.6 Å². The van der Waals surface area contributed by atoms with Crippen LogP contribution in [0.4, 0.5) is 0 Å². The number of Topliss-reactive ketones (excluding diaryl/α,β-unsaturated/α-hetero) is 1. The largest absolute Gasteiger partial charge is 0.293 e. The first kappa shape index (κ1) is 16.7. The number of hydrogen-bond donors (Lipinski definition) is 0. The fourth-order valence-electron chi connectivity index (χ4n) is 2.79. The van der Waals surface area contributed by atoms with E-state index in [1.807, 2.05) is 36.4 Å². The van der Waals surface area contributed by atoms with Crippen molar-refractivity contribution >= 4 is 17.1 Å². The van der Waals surface area contributed by atoms with Crippen LogP contribution < -0.4 is 0 Å². The lowest BCUT2D eigenvalue weighted by molar-refractivity contribution is 0.0997. The first-order chi connectivity index (χ1) is 11.6. The number of ketones is 1. The molecule has 0 unspecified atom stereocenters. The van der Waals surface area contributed by atoms with Gasteiger partial charge in [0.15, 0.2) is 5.78 Å². The zero-order valence-corrected chi connectivity index (χ0v) is 15.0. The fraction of sp³-hybridized carbons (Fsp3) is 0.227. The second-order valence-corrected chi connectivity index (χ2v) is 7.63. The number of thiophene rings is 1. The van der Waals surface area contributed by atoms with Gasteiger partial charge in [-0.25, -0.2) is 0 Å². The molecule has 2 aromatic carbocycles. The van der Waals surface area contributed by atoms with Gasteiger partial charge in [-0.1, -0.05) is 68.4 Å². The quantitative estimate of drug-likeness (QED) is 0.502. The highest BCUT2D eigenvalue weighted by Crippen LogP contribution is 2.29. The van der Waals surface area contributed by atoms with Crippen molar-refractivity contribution in [2.45, 2.75) is 26.7 Å². The van der Waals surface area contributed by atoms with E-state index in [-0.39, 0.29) is 5.78 Å². The van der Waals surface area contributed by atoms with Crippen LogP contribution >= 0.6 is 11.3 Å². The lowest BCUT2D eigenvalue weighted by atomic mass is 10.0. The normalized spacial score (nSPS) is 11.0. The molecule has 0 bridgehead atoms. The van der Waals surface area contributed by atoms with Crippen molar-refractivity contribution in [1.29, 1.82) is 0 Å². The minimum absolute atomic E-state index is 0.189. The van der Waals surface area contributed by atoms with Gasteiger partial charge in [0.2, 0.25) is 0 Å². The van der Waals surface area contributed by atoms with Crippen molar-refractivity contribution in [1.82, 2.24) is 0 Å². The number of carbonyl (C=O) groups is 1. The summed E-state index contributed by atoms with van der Waals surface area (Å²) in [5, 5.41) is 0. The van der Waals surface area contributed by atoms with Gasteiger partial charge in [-0.3, -0.25) is 4.79 Å². The summed E-state index contributed by atoms with van der Waals surface area (Å²) in [4.78, 5) is 14.4. The molecule has 1 aromatic heterocycles. The Morgan fingerprint density at radius 2 is 1.58 bits per heavy atom. The Labute approximate surface area is 148 Å². The van der Waals surface area contributed by atoms with E-state index in [1.165, 1.54) is 11.1 Å². The average molecular weight is 334 g/mol. The van der Waals surface area contributed by atoms with Gasteiger partial charge in [0.25, 0.3) is 0 Å². The number of benzene rings is 2. The van der Waals surface area contributed by atoms with E-state index in [2.05, 4.69) is 44.2 Å². The smallest absolute Gasteiger partial charge is 0.177 e. The predicted molar refractivity (Wildman–Crippen MR) is 103 cm³/mol. The summed E-state index contributed by atoms with van der Waals surface area (Å²) in [6.07, 6.45) is 1.57. The summed E-state index contributed by atoms with van der Waals surface area (Å²) in [5.41, 5.74) is 3.62. The molecule has 0 atom stereocenters. The number of hydrogen-bond acceptors (Lipinski definition) is 2. The molecule has 0 saturated carbocycles. The van der Waals surface area contributed by atoms with Gasteiger partial charge in [-0.2, -0.15) is 0 Å². The zero-order chi connectivity index (χ0) is 16.9. The van der Waals surface area contributed by atoms with Gasteiger partial charge < -0.3 is 0 Å². The highest BCUT2D eigenvalue weighted by Gasteiger charge is 2.11. The van der Waals surface area contributed by atoms with Crippen molar-refractivity contribution in [3.63, 3.8) is 0 Å². The molecule has 24 heavy (non-hydrogen) atoms. The van der Waals surface area contributed by atoms with Crippen molar-refractivity contribution in [3.05, 3.63) is 82.7 Å². The molecule has 0 saturated heterocycles. The zero-order valence-electron chi connectivity index (χ0n) is 14.2. The number of carbonyl (C=O) groups excluding carboxylic acids is 1. The molecule has 0 radical (unpaired) electrons. The standard InChI is InChI=1S/C22H22OS/c1-16(2)14-18-8-10-19(11-9-18)21-12-13-22(24-21)20(23)15-17-6-4-3-5-7-17/h3-13,16H,14-15H2,1-2H3. The molecule has 0 amide bonds. The molecule has 0 aliphatic heterocycles. The maximum atomic E-state index is 12.4. The van der Waals surface area contributed by atoms with E-state index in [9.17, 15) is 4.79 Å². The summed E-state index contributed by atoms with van der Waals surface area (Å²) < 4.78 is 0. The van der Waals surface area contributed by atoms with Gasteiger partial charge in [0.05, 0.1) is 4.88 Å². The third-order valence-electron chi connectivity index (χ3n) is 3.97. The average Bonchev–Trinajstić information content (AvgIpc) is 3.06. The topological polar surface area (TPSA) is 17.1 Å². The highest BCUT2D eigenvalue weighted by molar-refractivity contribution is 7.17. The minimum Gasteiger partial charge on any atom is -0.293 e. The summed E-state index contributed by atoms with van der Waals surface area (Å²) in [6, 6.07) is 22.6. The molecule has 122 valence electrons. The van der Waals surface area contributed by atoms with Crippen molar-refractivity contribution in [2.24, 2.45) is 5.92 Å². The van der Waals surface area contributed by atoms with Crippen LogP contribution in [0.3, 0.4) is 0 Å². The van der Waals surface area contributed by atoms with Crippen LogP contribution in [0, 0.1) is 5.92 Å². The molecule has 3 aromatic rings. The second kappa shape index (κ2) is 7.59. The lowest BCUT2D eigenvalue weighted by Crippen LogP contribution is -2.00. The molecule has 0 spiro atoms. The lowest BCUT2D eigenvalue weighted by Gasteiger charge is -2.05. The van der Waals surface area contributed by atoms with Gasteiger partial charge in [0.1, 0.15) is 0 Å². The van der Waals surface area contributed by atoms with E-state index in [1.54, 1.807) is 11.3 Å². The van der Waals surface area contributed by atoms with Crippen LogP contribution in [0.15, 0.2) is 66.7 Å². The van der Waals surface area contributed by atoms with E-state index in [0.29, 0.717) is 12.3 Å². The van der Waals surface area contributed by atoms with Gasteiger partial charge in [-0.15, -0.1) is 11.3 Å². The first-order valence-electron chi connectivity index (χ1n) is 8.38. The monoisotopic (exact) mass is 334 g/mol. The van der Waals surface area contributed by atoms with Gasteiger partial charge in [0, 0.05) is 11.3 Å². The maximum absolute atomic E-state index is 12.4. The van der Waals surface area contributed by atoms with Crippen LogP contribution in [0.2, 0.25) is 0 Å². The molecule has 2 heteroatoms. The summed E-state index contributed by atoms with van der Waals surface area (Å²) >= 11 is 1.58. The van der Waals surface area contributed by atoms with E-state index >= 15 is 0 Å². The minimum atomic E-state index is 0.189. The summed E-state index contributed by atoms with van der Waals surface area (Å²) in [5.74, 6) is 0.855. The summed E-state index contributed by atoms with van der Waals surface area (Å²) in [7, 11) is 0. The first-order valence-corrected chi connectivity index (χ1v) is 9.20. The Morgan fingerprint density at radius 1 is 0.875 bits per heavy atom. The van der Waals surface area contributed by atoms with Crippen LogP contribution in [-0.2, 0) is 12.8 Å². The third kappa shape index (κ3) is 4.21. The fourth-order valence-corrected chi connectivity index (χ4v) is 3.74. The molecule has 0 N–H and O–H groups in total. The van der Waals surface area contributed by atoms with Crippen LogP contribution in [0.5, 0.6) is 0 Å².